The van der Waals surface area contributed by atoms with Crippen LogP contribution in [0, 0.1) is 6.92 Å². The number of nitrogens with zero attached hydrogens (tertiary/aromatic N) is 4. The van der Waals surface area contributed by atoms with Gasteiger partial charge >= 0.3 is 226 Å². The fourth-order valence-corrected chi connectivity index (χ4v) is 11.5. The van der Waals surface area contributed by atoms with E-state index in [2.05, 4.69) is 222 Å². The van der Waals surface area contributed by atoms with Gasteiger partial charge in [0.15, 0.2) is 0 Å². The van der Waals surface area contributed by atoms with Gasteiger partial charge < -0.3 is 0 Å². The molecule has 11 rings (SSSR count). The zero-order valence-electron chi connectivity index (χ0n) is 33.5. The Morgan fingerprint density at radius 3 is 1.85 bits per heavy atom. The Labute approximate surface area is 366 Å². The van der Waals surface area contributed by atoms with Gasteiger partial charge in [0, 0.05) is 11.1 Å². The Morgan fingerprint density at radius 2 is 1.11 bits per heavy atom. The summed E-state index contributed by atoms with van der Waals surface area (Å²) in [5, 5.41) is 0. The van der Waals surface area contributed by atoms with Gasteiger partial charge in [-0.3, -0.25) is 0 Å². The van der Waals surface area contributed by atoms with E-state index in [0.717, 1.165) is 40.1 Å². The number of aryl methyl sites for hydroxylation is 1. The summed E-state index contributed by atoms with van der Waals surface area (Å²) in [4.78, 5) is 12.0. The second-order valence-electron chi connectivity index (χ2n) is 15.3. The molecule has 0 N–H and O–H groups in total. The first-order valence-electron chi connectivity index (χ1n) is 20.5. The number of rotatable bonds is 8. The van der Waals surface area contributed by atoms with Crippen LogP contribution in [0.25, 0.3) is 33.4 Å². The third-order valence-corrected chi connectivity index (χ3v) is 14.6. The van der Waals surface area contributed by atoms with Crippen molar-refractivity contribution in [2.75, 3.05) is 21.4 Å². The Bertz CT molecular complexity index is 2990. The van der Waals surface area contributed by atoms with E-state index < -0.39 is 20.9 Å². The maximum atomic E-state index is 6.81. The first-order chi connectivity index (χ1) is 30.1. The monoisotopic (exact) mass is 902 g/mol. The Balaban J connectivity index is 1.00. The van der Waals surface area contributed by atoms with E-state index >= 15 is 0 Å². The maximum absolute atomic E-state index is 6.81. The average molecular weight is 901 g/mol. The van der Waals surface area contributed by atoms with Crippen LogP contribution in [0.4, 0.5) is 39.9 Å². The minimum atomic E-state index is -0.600. The number of hydrogen-bond acceptors (Lipinski definition) is 5. The van der Waals surface area contributed by atoms with Gasteiger partial charge in [-0.05, 0) is 16.7 Å². The second-order valence-corrected chi connectivity index (χ2v) is 18.4. The van der Waals surface area contributed by atoms with E-state index in [9.17, 15) is 0 Å². The van der Waals surface area contributed by atoms with Crippen molar-refractivity contribution in [3.05, 3.63) is 218 Å². The van der Waals surface area contributed by atoms with Crippen LogP contribution in [-0.2, 0) is 0 Å². The van der Waals surface area contributed by atoms with Gasteiger partial charge in [0.2, 0.25) is 0 Å². The first kappa shape index (κ1) is 36.9. The summed E-state index contributed by atoms with van der Waals surface area (Å²) in [6.07, 6.45) is 1.90. The molecule has 0 aliphatic carbocycles. The predicted molar refractivity (Wildman–Crippen MR) is 254 cm³/mol. The van der Waals surface area contributed by atoms with Crippen LogP contribution >= 0.6 is 0 Å². The number of pyridine rings is 1. The van der Waals surface area contributed by atoms with Crippen LogP contribution in [-0.4, -0.2) is 32.6 Å². The second kappa shape index (κ2) is 15.8. The molecule has 9 aromatic rings. The Morgan fingerprint density at radius 1 is 0.459 bits per heavy atom. The molecule has 2 aliphatic rings. The summed E-state index contributed by atoms with van der Waals surface area (Å²) in [6.45, 7) is 2.73. The van der Waals surface area contributed by atoms with Crippen molar-refractivity contribution in [1.82, 2.24) is 4.98 Å². The molecule has 0 spiro atoms. The molecular formula is C55H40N4OTe. The van der Waals surface area contributed by atoms with E-state index in [4.69, 9.17) is 9.72 Å². The van der Waals surface area contributed by atoms with E-state index in [0.29, 0.717) is 6.67 Å². The van der Waals surface area contributed by atoms with Gasteiger partial charge in [0.25, 0.3) is 0 Å². The van der Waals surface area contributed by atoms with Crippen molar-refractivity contribution in [1.29, 1.82) is 0 Å². The molecule has 1 aromatic heterocycles. The van der Waals surface area contributed by atoms with Crippen LogP contribution in [0.2, 0.25) is 0 Å². The zero-order valence-corrected chi connectivity index (χ0v) is 35.9. The molecule has 6 heteroatoms. The van der Waals surface area contributed by atoms with Gasteiger partial charge in [-0.2, -0.15) is 0 Å². The minimum absolute atomic E-state index is 0.600. The van der Waals surface area contributed by atoms with Crippen molar-refractivity contribution < 1.29 is 4.74 Å². The van der Waals surface area contributed by atoms with Gasteiger partial charge in [0.1, 0.15) is 0 Å². The average Bonchev–Trinajstić information content (AvgIpc) is 3.70. The summed E-state index contributed by atoms with van der Waals surface area (Å²) in [7, 11) is 0. The number of benzene rings is 8. The summed E-state index contributed by atoms with van der Waals surface area (Å²) in [6, 6.07) is 73.7. The number of aromatic nitrogens is 1. The van der Waals surface area contributed by atoms with Crippen LogP contribution in [0.1, 0.15) is 5.56 Å². The van der Waals surface area contributed by atoms with Crippen molar-refractivity contribution in [3.8, 4) is 44.9 Å². The van der Waals surface area contributed by atoms with Gasteiger partial charge in [-0.25, -0.2) is 0 Å². The molecule has 0 amide bonds. The molecule has 61 heavy (non-hydrogen) atoms. The SMILES string of the molecule is Cc1ccnc(N2c3ccccc3[Te]c3ccc(Oc4cccc(N5CN(c6c(-c7ccccc7)cccc6-c6ccccc6)c6ccc(-c7ccccc7)cc65)c4)cc32)c1. The molecule has 0 saturated carbocycles. The van der Waals surface area contributed by atoms with Gasteiger partial charge in [0.05, 0.1) is 0 Å². The van der Waals surface area contributed by atoms with Crippen LogP contribution in [0.15, 0.2) is 212 Å². The predicted octanol–water partition coefficient (Wildman–Crippen LogP) is 12.9. The number of hydrogen-bond donors (Lipinski definition) is 0. The third kappa shape index (κ3) is 7.00. The van der Waals surface area contributed by atoms with Crippen molar-refractivity contribution in [2.24, 2.45) is 0 Å². The van der Waals surface area contributed by atoms with E-state index in [1.807, 2.05) is 12.3 Å². The number of ether oxygens (including phenoxy) is 1. The molecule has 0 fully saturated rings. The molecule has 5 nitrogen and oxygen atoms in total. The quantitative estimate of drug-likeness (QED) is 0.142. The zero-order chi connectivity index (χ0) is 40.7. The molecule has 0 radical (unpaired) electrons. The van der Waals surface area contributed by atoms with Gasteiger partial charge in [-0.15, -0.1) is 0 Å². The standard InChI is InChI=1S/C55H40N4OTe/c1-38-31-32-56-54(33-38)59-49-25-11-12-26-52(49)61-53-30-28-45(36-51(53)59)60-44-22-13-21-43(35-44)57-37-58(48-29-27-42(34-50(48)57)39-15-5-2-6-16-39)55-46(40-17-7-3-8-18-40)23-14-24-47(55)41-19-9-4-10-20-41/h2-36H,37H2,1H3. The molecule has 2 aliphatic heterocycles. The summed E-state index contributed by atoms with van der Waals surface area (Å²) in [5.74, 6) is 2.48. The van der Waals surface area contributed by atoms with E-state index in [-0.39, 0.29) is 0 Å². The molecule has 0 bridgehead atoms. The Kier molecular flexibility index (Phi) is 9.58. The van der Waals surface area contributed by atoms with E-state index in [1.165, 1.54) is 57.5 Å². The molecule has 0 saturated heterocycles. The topological polar surface area (TPSA) is 31.8 Å². The molecule has 292 valence electrons. The van der Waals surface area contributed by atoms with Crippen molar-refractivity contribution in [2.45, 2.75) is 6.92 Å². The number of para-hydroxylation sites is 2. The molecular weight excluding hydrogens is 860 g/mol. The third-order valence-electron chi connectivity index (χ3n) is 11.4. The number of fused-ring (bicyclic) bond motifs is 3. The van der Waals surface area contributed by atoms with E-state index in [1.54, 1.807) is 0 Å². The fraction of sp³-hybridized carbons (Fsp3) is 0.0364. The number of anilines is 7. The molecule has 0 atom stereocenters. The van der Waals surface area contributed by atoms with Gasteiger partial charge in [-0.1, -0.05) is 115 Å². The van der Waals surface area contributed by atoms with Crippen molar-refractivity contribution in [3.63, 3.8) is 0 Å². The summed E-state index contributed by atoms with van der Waals surface area (Å²) >= 11 is -0.600. The molecule has 0 unspecified atom stereocenters. The fourth-order valence-electron chi connectivity index (χ4n) is 8.56. The Hall–Kier alpha value is -7.10. The van der Waals surface area contributed by atoms with Crippen LogP contribution in [0.3, 0.4) is 0 Å². The summed E-state index contributed by atoms with van der Waals surface area (Å²) in [5.41, 5.74) is 15.1. The van der Waals surface area contributed by atoms with Crippen molar-refractivity contribution >= 4 is 68.1 Å². The first-order valence-corrected chi connectivity index (χ1v) is 22.9. The normalized spacial score (nSPS) is 12.8. The molecule has 3 heterocycles. The molecule has 8 aromatic carbocycles. The van der Waals surface area contributed by atoms with Crippen LogP contribution < -0.4 is 26.7 Å². The summed E-state index contributed by atoms with van der Waals surface area (Å²) < 4.78 is 9.58. The van der Waals surface area contributed by atoms with Crippen LogP contribution in [0.5, 0.6) is 11.5 Å².